The number of ether oxygens (including phenoxy) is 2. The van der Waals surface area contributed by atoms with Gasteiger partial charge < -0.3 is 29.4 Å². The highest BCUT2D eigenvalue weighted by Gasteiger charge is 2.54. The Morgan fingerprint density at radius 2 is 0.959 bits per heavy atom. The summed E-state index contributed by atoms with van der Waals surface area (Å²) in [5.74, 6) is -0.337. The van der Waals surface area contributed by atoms with Crippen LogP contribution in [0, 0.1) is 13.8 Å². The molecule has 4 N–H and O–H groups in total. The second-order valence-electron chi connectivity index (χ2n) is 15.3. The Morgan fingerprint density at radius 1 is 0.551 bits per heavy atom. The molecule has 6 nitrogen and oxygen atoms in total. The van der Waals surface area contributed by atoms with Crippen LogP contribution in [0.25, 0.3) is 24.3 Å². The van der Waals surface area contributed by atoms with Crippen molar-refractivity contribution in [3.05, 3.63) is 101 Å². The van der Waals surface area contributed by atoms with Gasteiger partial charge in [0.25, 0.3) is 0 Å². The molecule has 4 aromatic rings. The van der Waals surface area contributed by atoms with Crippen molar-refractivity contribution in [1.29, 1.82) is 0 Å². The molecular weight excluding hydrogens is 604 g/mol. The highest BCUT2D eigenvalue weighted by molar-refractivity contribution is 5.66. The Balaban J connectivity index is 1.46. The lowest BCUT2D eigenvalue weighted by Crippen LogP contribution is -2.43. The van der Waals surface area contributed by atoms with E-state index in [-0.39, 0.29) is 24.0 Å². The van der Waals surface area contributed by atoms with Gasteiger partial charge in [0.2, 0.25) is 0 Å². The van der Waals surface area contributed by atoms with Gasteiger partial charge in [-0.25, -0.2) is 0 Å². The molecular formula is C43H54N4O2. The zero-order valence-electron chi connectivity index (χ0n) is 30.7. The van der Waals surface area contributed by atoms with Crippen molar-refractivity contribution < 1.29 is 9.47 Å². The number of aromatic amines is 4. The van der Waals surface area contributed by atoms with E-state index in [2.05, 4.69) is 112 Å². The molecule has 0 amide bonds. The molecule has 0 aromatic carbocycles. The van der Waals surface area contributed by atoms with Gasteiger partial charge in [-0.3, -0.25) is 0 Å². The predicted molar refractivity (Wildman–Crippen MR) is 200 cm³/mol. The highest BCUT2D eigenvalue weighted by Crippen LogP contribution is 2.51. The van der Waals surface area contributed by atoms with Crippen LogP contribution in [0.2, 0.25) is 0 Å². The van der Waals surface area contributed by atoms with Gasteiger partial charge in [-0.05, 0) is 135 Å². The third-order valence-corrected chi connectivity index (χ3v) is 11.8. The van der Waals surface area contributed by atoms with Crippen molar-refractivity contribution in [2.75, 3.05) is 0 Å². The standard InChI is InChI=1S/C43H54N4O2/c1-9-13-15-27-23(5)31-19-37-39-29-17-18-30(42-41(29)48-43(7,8)49-42)40(39)38(47-37)20-32-24(6)28(16-14-10-2)36(45-32)22-34-26(12-4)25(11-3)33(46-34)21-35(27)44-31/h17-22,29-30,41-42,44-47H,9-16H2,1-8H3. The minimum atomic E-state index is -0.595. The van der Waals surface area contributed by atoms with Crippen molar-refractivity contribution in [1.82, 2.24) is 19.9 Å². The third-order valence-electron chi connectivity index (χ3n) is 11.8. The fourth-order valence-corrected chi connectivity index (χ4v) is 9.36. The lowest BCUT2D eigenvalue weighted by Gasteiger charge is -2.39. The minimum absolute atomic E-state index is 0.00675. The van der Waals surface area contributed by atoms with Crippen molar-refractivity contribution in [2.24, 2.45) is 0 Å². The topological polar surface area (TPSA) is 81.6 Å². The van der Waals surface area contributed by atoms with Crippen LogP contribution >= 0.6 is 0 Å². The molecule has 1 fully saturated rings. The average Bonchev–Trinajstić information content (AvgIpc) is 3.85. The first-order valence-electron chi connectivity index (χ1n) is 19.0. The maximum atomic E-state index is 6.61. The van der Waals surface area contributed by atoms with Gasteiger partial charge in [-0.1, -0.05) is 52.7 Å². The summed E-state index contributed by atoms with van der Waals surface area (Å²) in [6.45, 7) is 17.9. The average molecular weight is 659 g/mol. The highest BCUT2D eigenvalue weighted by atomic mass is 16.8. The molecule has 0 radical (unpaired) electrons. The number of unbranched alkanes of at least 4 members (excludes halogenated alkanes) is 2. The quantitative estimate of drug-likeness (QED) is 0.147. The van der Waals surface area contributed by atoms with Crippen molar-refractivity contribution in [3.8, 4) is 0 Å². The Labute approximate surface area is 290 Å². The maximum absolute atomic E-state index is 6.61. The predicted octanol–water partition coefficient (Wildman–Crippen LogP) is 6.33. The summed E-state index contributed by atoms with van der Waals surface area (Å²) in [6, 6.07) is 0. The van der Waals surface area contributed by atoms with Crippen LogP contribution < -0.4 is 21.4 Å². The Morgan fingerprint density at radius 3 is 1.37 bits per heavy atom. The smallest absolute Gasteiger partial charge is 0.163 e. The molecule has 6 heterocycles. The number of fused-ring (bicyclic) bond motifs is 8. The summed E-state index contributed by atoms with van der Waals surface area (Å²) < 4.78 is 13.2. The Hall–Kier alpha value is -3.74. The number of nitrogens with one attached hydrogen (secondary N) is 4. The van der Waals surface area contributed by atoms with Crippen molar-refractivity contribution >= 4 is 24.3 Å². The zero-order chi connectivity index (χ0) is 34.2. The van der Waals surface area contributed by atoms with Gasteiger partial charge in [0, 0.05) is 56.0 Å². The SMILES string of the molecule is CCCCc1c2[nH]c(c1C)C=c1[nH]c(c3c1C1C=CC3C3OC(C)(C)OC13)=Cc1[nH]c(c(CCCC)c1C)C=c1[nH]c(c(CC)c1CC)=C2. The van der Waals surface area contributed by atoms with Crippen LogP contribution in [0.15, 0.2) is 12.2 Å². The zero-order valence-corrected chi connectivity index (χ0v) is 30.7. The van der Waals surface area contributed by atoms with E-state index in [1.54, 1.807) is 0 Å². The molecule has 10 bridgehead atoms. The van der Waals surface area contributed by atoms with Gasteiger partial charge in [0.15, 0.2) is 5.79 Å². The van der Waals surface area contributed by atoms with E-state index in [0.29, 0.717) is 0 Å². The second kappa shape index (κ2) is 12.2. The largest absolute Gasteiger partial charge is 0.355 e. The molecule has 9 rings (SSSR count). The molecule has 49 heavy (non-hydrogen) atoms. The van der Waals surface area contributed by atoms with Crippen LogP contribution in [0.5, 0.6) is 0 Å². The molecule has 5 aliphatic rings. The molecule has 4 unspecified atom stereocenters. The first-order valence-corrected chi connectivity index (χ1v) is 19.0. The number of hydrogen-bond donors (Lipinski definition) is 4. The number of H-pyrrole nitrogens is 4. The summed E-state index contributed by atoms with van der Waals surface area (Å²) in [7, 11) is 0. The van der Waals surface area contributed by atoms with Crippen LogP contribution in [-0.2, 0) is 35.2 Å². The lowest BCUT2D eigenvalue weighted by molar-refractivity contribution is -0.146. The molecule has 258 valence electrons. The fourth-order valence-electron chi connectivity index (χ4n) is 9.36. The van der Waals surface area contributed by atoms with Crippen LogP contribution in [0.1, 0.15) is 146 Å². The monoisotopic (exact) mass is 658 g/mol. The van der Waals surface area contributed by atoms with E-state index in [1.807, 2.05) is 0 Å². The number of rotatable bonds is 8. The summed E-state index contributed by atoms with van der Waals surface area (Å²) in [5, 5.41) is 4.79. The molecule has 4 aromatic heterocycles. The van der Waals surface area contributed by atoms with E-state index in [0.717, 1.165) is 25.7 Å². The van der Waals surface area contributed by atoms with Gasteiger partial charge in [0.1, 0.15) is 0 Å². The minimum Gasteiger partial charge on any atom is -0.355 e. The summed E-state index contributed by atoms with van der Waals surface area (Å²) in [5.41, 5.74) is 15.9. The Bertz CT molecular complexity index is 2060. The van der Waals surface area contributed by atoms with Crippen LogP contribution in [0.4, 0.5) is 0 Å². The fraction of sp³-hybridized carbons (Fsp3) is 0.488. The van der Waals surface area contributed by atoms with E-state index in [9.17, 15) is 0 Å². The van der Waals surface area contributed by atoms with E-state index >= 15 is 0 Å². The number of hydrogen-bond acceptors (Lipinski definition) is 2. The van der Waals surface area contributed by atoms with Gasteiger partial charge >= 0.3 is 0 Å². The van der Waals surface area contributed by atoms with E-state index in [1.165, 1.54) is 114 Å². The molecule has 0 saturated carbocycles. The first kappa shape index (κ1) is 32.5. The summed E-state index contributed by atoms with van der Waals surface area (Å²) in [4.78, 5) is 15.7. The summed E-state index contributed by atoms with van der Waals surface area (Å²) in [6.07, 6.45) is 23.1. The van der Waals surface area contributed by atoms with E-state index in [4.69, 9.17) is 9.47 Å². The summed E-state index contributed by atoms with van der Waals surface area (Å²) >= 11 is 0. The third kappa shape index (κ3) is 5.20. The van der Waals surface area contributed by atoms with Crippen LogP contribution in [0.3, 0.4) is 0 Å². The maximum Gasteiger partial charge on any atom is 0.163 e. The van der Waals surface area contributed by atoms with Gasteiger partial charge in [0.05, 0.1) is 12.2 Å². The molecule has 1 saturated heterocycles. The second-order valence-corrected chi connectivity index (χ2v) is 15.3. The van der Waals surface area contributed by atoms with Gasteiger partial charge in [-0.15, -0.1) is 0 Å². The first-order chi connectivity index (χ1) is 23.7. The normalized spacial score (nSPS) is 22.7. The molecule has 2 aliphatic heterocycles. The molecule has 4 atom stereocenters. The van der Waals surface area contributed by atoms with Crippen molar-refractivity contribution in [2.45, 2.75) is 137 Å². The van der Waals surface area contributed by atoms with Gasteiger partial charge in [-0.2, -0.15) is 0 Å². The van der Waals surface area contributed by atoms with Crippen molar-refractivity contribution in [3.63, 3.8) is 0 Å². The van der Waals surface area contributed by atoms with Crippen LogP contribution in [-0.4, -0.2) is 37.9 Å². The number of aromatic nitrogens is 4. The van der Waals surface area contributed by atoms with E-state index < -0.39 is 5.79 Å². The Kier molecular flexibility index (Phi) is 8.11. The lowest BCUT2D eigenvalue weighted by atomic mass is 9.69. The molecule has 0 spiro atoms. The molecule has 6 heteroatoms. The molecule has 3 aliphatic carbocycles.